The third kappa shape index (κ3) is 3.01. The minimum absolute atomic E-state index is 0.299. The van der Waals surface area contributed by atoms with Gasteiger partial charge in [0.15, 0.2) is 0 Å². The molecule has 0 saturated heterocycles. The van der Waals surface area contributed by atoms with Gasteiger partial charge in [-0.3, -0.25) is 10.1 Å². The Balaban J connectivity index is 3.05. The molecule has 16 heavy (non-hydrogen) atoms. The lowest BCUT2D eigenvalue weighted by Crippen LogP contribution is -2.17. The van der Waals surface area contributed by atoms with E-state index >= 15 is 0 Å². The summed E-state index contributed by atoms with van der Waals surface area (Å²) in [5, 5.41) is 10.4. The number of benzene rings is 1. The van der Waals surface area contributed by atoms with Gasteiger partial charge in [0.1, 0.15) is 5.75 Å². The van der Waals surface area contributed by atoms with Crippen LogP contribution in [-0.4, -0.2) is 18.4 Å². The number of nitrogens with zero attached hydrogens (tertiary/aromatic N) is 1. The number of rotatable bonds is 3. The molecule has 5 nitrogen and oxygen atoms in total. The highest BCUT2D eigenvalue weighted by atomic mass is 19.4. The first-order chi connectivity index (χ1) is 7.33. The molecule has 0 aliphatic carbocycles. The van der Waals surface area contributed by atoms with Crippen LogP contribution in [0.25, 0.3) is 0 Å². The molecule has 0 saturated carbocycles. The van der Waals surface area contributed by atoms with E-state index in [2.05, 4.69) is 9.47 Å². The van der Waals surface area contributed by atoms with Crippen molar-refractivity contribution in [2.24, 2.45) is 0 Å². The van der Waals surface area contributed by atoms with E-state index < -0.39 is 22.7 Å². The van der Waals surface area contributed by atoms with Crippen molar-refractivity contribution in [1.82, 2.24) is 0 Å². The van der Waals surface area contributed by atoms with Crippen molar-refractivity contribution >= 4 is 5.69 Å². The highest BCUT2D eigenvalue weighted by Gasteiger charge is 2.31. The fourth-order valence-corrected chi connectivity index (χ4v) is 1.01. The van der Waals surface area contributed by atoms with Crippen molar-refractivity contribution < 1.29 is 27.6 Å². The number of halogens is 3. The summed E-state index contributed by atoms with van der Waals surface area (Å²) < 4.78 is 43.7. The van der Waals surface area contributed by atoms with Crippen LogP contribution in [0, 0.1) is 10.1 Å². The van der Waals surface area contributed by atoms with Crippen LogP contribution < -0.4 is 9.47 Å². The van der Waals surface area contributed by atoms with Gasteiger partial charge in [0.05, 0.1) is 12.0 Å². The molecule has 0 atom stereocenters. The molecule has 1 aromatic rings. The first-order valence-electron chi connectivity index (χ1n) is 3.91. The van der Waals surface area contributed by atoms with Gasteiger partial charge in [0.2, 0.25) is 5.75 Å². The molecule has 88 valence electrons. The lowest BCUT2D eigenvalue weighted by molar-refractivity contribution is -0.385. The van der Waals surface area contributed by atoms with Crippen molar-refractivity contribution in [3.8, 4) is 11.5 Å². The van der Waals surface area contributed by atoms with Gasteiger partial charge < -0.3 is 9.47 Å². The van der Waals surface area contributed by atoms with Crippen LogP contribution in [-0.2, 0) is 0 Å². The van der Waals surface area contributed by atoms with Gasteiger partial charge in [-0.15, -0.1) is 13.2 Å². The molecule has 8 heteroatoms. The normalized spacial score (nSPS) is 11.0. The van der Waals surface area contributed by atoms with E-state index in [-0.39, 0.29) is 5.75 Å². The second-order valence-electron chi connectivity index (χ2n) is 2.64. The van der Waals surface area contributed by atoms with Crippen LogP contribution in [0.15, 0.2) is 18.2 Å². The lowest BCUT2D eigenvalue weighted by atomic mass is 10.3. The van der Waals surface area contributed by atoms with E-state index in [1.165, 1.54) is 0 Å². The van der Waals surface area contributed by atoms with Crippen molar-refractivity contribution in [2.45, 2.75) is 6.36 Å². The topological polar surface area (TPSA) is 61.6 Å². The van der Waals surface area contributed by atoms with Gasteiger partial charge in [-0.2, -0.15) is 0 Å². The molecule has 0 aromatic heterocycles. The van der Waals surface area contributed by atoms with Crippen LogP contribution in [0.1, 0.15) is 0 Å². The van der Waals surface area contributed by atoms with Gasteiger partial charge in [0.25, 0.3) is 0 Å². The Morgan fingerprint density at radius 1 is 1.38 bits per heavy atom. The summed E-state index contributed by atoms with van der Waals surface area (Å²) in [5.41, 5.74) is -0.433. The molecule has 0 bridgehead atoms. The zero-order valence-corrected chi connectivity index (χ0v) is 7.95. The number of hydrogen-bond donors (Lipinski definition) is 0. The number of hydrogen-bond acceptors (Lipinski definition) is 4. The van der Waals surface area contributed by atoms with Crippen molar-refractivity contribution in [2.75, 3.05) is 7.11 Å². The average Bonchev–Trinajstić information content (AvgIpc) is 2.14. The molecular weight excluding hydrogens is 231 g/mol. The zero-order valence-electron chi connectivity index (χ0n) is 7.95. The minimum Gasteiger partial charge on any atom is -0.490 e. The highest BCUT2D eigenvalue weighted by Crippen LogP contribution is 2.33. The molecule has 1 rings (SSSR count). The summed E-state index contributed by atoms with van der Waals surface area (Å²) in [4.78, 5) is 9.67. The number of methoxy groups -OCH3 is 1. The summed E-state index contributed by atoms with van der Waals surface area (Å²) in [6.45, 7) is 0. The van der Waals surface area contributed by atoms with Crippen LogP contribution in [0.5, 0.6) is 11.5 Å². The largest absolute Gasteiger partial charge is 0.573 e. The van der Waals surface area contributed by atoms with Crippen LogP contribution in [0.2, 0.25) is 0 Å². The molecule has 0 radical (unpaired) electrons. The van der Waals surface area contributed by atoms with E-state index in [0.29, 0.717) is 0 Å². The Morgan fingerprint density at radius 3 is 2.44 bits per heavy atom. The maximum atomic E-state index is 11.8. The maximum Gasteiger partial charge on any atom is 0.573 e. The Labute approximate surface area is 87.5 Å². The Morgan fingerprint density at radius 2 is 2.00 bits per heavy atom. The Bertz CT molecular complexity index is 405. The smallest absolute Gasteiger partial charge is 0.490 e. The molecule has 0 amide bonds. The minimum atomic E-state index is -4.85. The van der Waals surface area contributed by atoms with Gasteiger partial charge in [-0.05, 0) is 6.07 Å². The van der Waals surface area contributed by atoms with E-state index in [1.807, 2.05) is 0 Å². The number of alkyl halides is 3. The van der Waals surface area contributed by atoms with Gasteiger partial charge in [-0.25, -0.2) is 0 Å². The van der Waals surface area contributed by atoms with Crippen molar-refractivity contribution in [3.05, 3.63) is 28.3 Å². The van der Waals surface area contributed by atoms with E-state index in [4.69, 9.17) is 0 Å². The Hall–Kier alpha value is -1.99. The predicted molar refractivity (Wildman–Crippen MR) is 46.3 cm³/mol. The molecule has 0 aliphatic rings. The summed E-state index contributed by atoms with van der Waals surface area (Å²) in [7, 11) is 1.11. The van der Waals surface area contributed by atoms with Crippen molar-refractivity contribution in [1.29, 1.82) is 0 Å². The monoisotopic (exact) mass is 237 g/mol. The summed E-state index contributed by atoms with van der Waals surface area (Å²) in [6.07, 6.45) is -4.85. The van der Waals surface area contributed by atoms with Crippen molar-refractivity contribution in [3.63, 3.8) is 0 Å². The standard InChI is InChI=1S/C8H6F3NO4/c1-15-7-4-5(16-8(9,10)11)2-3-6(7)12(13)14/h2-4H,1H3. The van der Waals surface area contributed by atoms with Gasteiger partial charge in [-0.1, -0.05) is 0 Å². The van der Waals surface area contributed by atoms with E-state index in [0.717, 1.165) is 25.3 Å². The third-order valence-corrected chi connectivity index (χ3v) is 1.58. The number of nitro benzene ring substituents is 1. The maximum absolute atomic E-state index is 11.8. The molecule has 0 aliphatic heterocycles. The zero-order chi connectivity index (χ0) is 12.3. The fraction of sp³-hybridized carbons (Fsp3) is 0.250. The summed E-state index contributed by atoms with van der Waals surface area (Å²) in [6, 6.07) is 2.51. The predicted octanol–water partition coefficient (Wildman–Crippen LogP) is 2.50. The SMILES string of the molecule is COc1cc(OC(F)(F)F)ccc1[N+](=O)[O-]. The second-order valence-corrected chi connectivity index (χ2v) is 2.64. The van der Waals surface area contributed by atoms with Crippen LogP contribution in [0.3, 0.4) is 0 Å². The summed E-state index contributed by atoms with van der Waals surface area (Å²) in [5.74, 6) is -0.873. The molecule has 1 aromatic carbocycles. The van der Waals surface area contributed by atoms with Gasteiger partial charge >= 0.3 is 12.0 Å². The van der Waals surface area contributed by atoms with E-state index in [9.17, 15) is 23.3 Å². The highest BCUT2D eigenvalue weighted by molar-refractivity contribution is 5.50. The fourth-order valence-electron chi connectivity index (χ4n) is 1.01. The quantitative estimate of drug-likeness (QED) is 0.598. The Kier molecular flexibility index (Phi) is 3.21. The van der Waals surface area contributed by atoms with Gasteiger partial charge in [0, 0.05) is 12.1 Å². The van der Waals surface area contributed by atoms with E-state index in [1.54, 1.807) is 0 Å². The molecule has 0 unspecified atom stereocenters. The third-order valence-electron chi connectivity index (χ3n) is 1.58. The van der Waals surface area contributed by atoms with Crippen LogP contribution >= 0.6 is 0 Å². The molecule has 0 N–H and O–H groups in total. The lowest BCUT2D eigenvalue weighted by Gasteiger charge is -2.09. The number of nitro groups is 1. The molecular formula is C8H6F3NO4. The average molecular weight is 237 g/mol. The first kappa shape index (κ1) is 12.1. The molecule has 0 fully saturated rings. The first-order valence-corrected chi connectivity index (χ1v) is 3.91. The molecule has 0 spiro atoms. The second kappa shape index (κ2) is 4.25. The molecule has 0 heterocycles. The summed E-state index contributed by atoms with van der Waals surface area (Å²) >= 11 is 0. The number of ether oxygens (including phenoxy) is 2. The van der Waals surface area contributed by atoms with Crippen LogP contribution in [0.4, 0.5) is 18.9 Å².